The maximum atomic E-state index is 12.4. The minimum atomic E-state index is 0.0377. The number of nitrogens with zero attached hydrogens (tertiary/aromatic N) is 2. The van der Waals surface area contributed by atoms with Crippen molar-refractivity contribution < 1.29 is 4.79 Å². The predicted molar refractivity (Wildman–Crippen MR) is 70.5 cm³/mol. The molecule has 0 saturated carbocycles. The first-order valence-corrected chi connectivity index (χ1v) is 6.40. The molecule has 0 saturated heterocycles. The first-order chi connectivity index (χ1) is 8.07. The number of rotatable bonds is 5. The fraction of sp³-hybridized carbons (Fsp3) is 0.538. The molecule has 94 valence electrons. The molecule has 1 aromatic heterocycles. The van der Waals surface area contributed by atoms with Gasteiger partial charge in [0.15, 0.2) is 0 Å². The fourth-order valence-electron chi connectivity index (χ4n) is 1.69. The monoisotopic (exact) mass is 254 g/mol. The van der Waals surface area contributed by atoms with Crippen LogP contribution < -0.4 is 0 Å². The molecule has 0 aliphatic heterocycles. The molecular formula is C13H19ClN2O. The summed E-state index contributed by atoms with van der Waals surface area (Å²) in [5, 5.41) is 0. The van der Waals surface area contributed by atoms with Crippen LogP contribution in [-0.4, -0.2) is 34.3 Å². The van der Waals surface area contributed by atoms with Gasteiger partial charge < -0.3 is 4.90 Å². The van der Waals surface area contributed by atoms with Crippen LogP contribution in [0.25, 0.3) is 0 Å². The third kappa shape index (κ3) is 3.70. The van der Waals surface area contributed by atoms with E-state index in [2.05, 4.69) is 4.98 Å². The molecule has 0 spiro atoms. The van der Waals surface area contributed by atoms with Crippen molar-refractivity contribution in [2.75, 3.05) is 12.4 Å². The van der Waals surface area contributed by atoms with E-state index in [1.807, 2.05) is 31.7 Å². The van der Waals surface area contributed by atoms with Gasteiger partial charge in [-0.3, -0.25) is 9.78 Å². The van der Waals surface area contributed by atoms with Gasteiger partial charge in [0.05, 0.1) is 5.56 Å². The summed E-state index contributed by atoms with van der Waals surface area (Å²) in [5.41, 5.74) is 1.45. The van der Waals surface area contributed by atoms with E-state index in [0.29, 0.717) is 18.0 Å². The molecule has 0 aliphatic rings. The van der Waals surface area contributed by atoms with Crippen LogP contribution in [0.1, 0.15) is 36.3 Å². The molecule has 0 radical (unpaired) electrons. The van der Waals surface area contributed by atoms with Gasteiger partial charge in [-0.05, 0) is 39.3 Å². The summed E-state index contributed by atoms with van der Waals surface area (Å²) in [6.45, 7) is 6.57. The second-order valence-electron chi connectivity index (χ2n) is 4.27. The standard InChI is InChI=1S/C13H19ClN2O/c1-10(2)16(9-5-7-14)13(17)12-6-4-8-15-11(12)3/h4,6,8,10H,5,7,9H2,1-3H3. The largest absolute Gasteiger partial charge is 0.336 e. The van der Waals surface area contributed by atoms with Crippen molar-refractivity contribution in [2.24, 2.45) is 0 Å². The van der Waals surface area contributed by atoms with Gasteiger partial charge in [-0.15, -0.1) is 11.6 Å². The van der Waals surface area contributed by atoms with Gasteiger partial charge in [-0.25, -0.2) is 0 Å². The number of pyridine rings is 1. The number of hydrogen-bond donors (Lipinski definition) is 0. The molecule has 17 heavy (non-hydrogen) atoms. The molecule has 0 aromatic carbocycles. The molecule has 0 N–H and O–H groups in total. The Balaban J connectivity index is 2.88. The van der Waals surface area contributed by atoms with Crippen LogP contribution in [0.3, 0.4) is 0 Å². The Morgan fingerprint density at radius 3 is 2.76 bits per heavy atom. The van der Waals surface area contributed by atoms with Crippen LogP contribution in [-0.2, 0) is 0 Å². The van der Waals surface area contributed by atoms with Crippen molar-refractivity contribution in [3.05, 3.63) is 29.6 Å². The van der Waals surface area contributed by atoms with Gasteiger partial charge in [-0.1, -0.05) is 0 Å². The Bertz CT molecular complexity index is 379. The summed E-state index contributed by atoms with van der Waals surface area (Å²) in [6, 6.07) is 3.78. The van der Waals surface area contributed by atoms with Crippen LogP contribution in [0, 0.1) is 6.92 Å². The number of amides is 1. The number of aryl methyl sites for hydroxylation is 1. The minimum Gasteiger partial charge on any atom is -0.336 e. The Hall–Kier alpha value is -1.09. The molecule has 0 fully saturated rings. The molecule has 0 aliphatic carbocycles. The average molecular weight is 255 g/mol. The molecule has 1 aromatic rings. The van der Waals surface area contributed by atoms with Crippen LogP contribution in [0.2, 0.25) is 0 Å². The van der Waals surface area contributed by atoms with Gasteiger partial charge in [-0.2, -0.15) is 0 Å². The van der Waals surface area contributed by atoms with E-state index in [-0.39, 0.29) is 11.9 Å². The molecular weight excluding hydrogens is 236 g/mol. The summed E-state index contributed by atoms with van der Waals surface area (Å²) >= 11 is 5.68. The van der Waals surface area contributed by atoms with Gasteiger partial charge >= 0.3 is 0 Å². The molecule has 0 bridgehead atoms. The molecule has 3 nitrogen and oxygen atoms in total. The zero-order chi connectivity index (χ0) is 12.8. The summed E-state index contributed by atoms with van der Waals surface area (Å²) in [4.78, 5) is 18.3. The van der Waals surface area contributed by atoms with E-state index < -0.39 is 0 Å². The normalized spacial score (nSPS) is 10.6. The Morgan fingerprint density at radius 2 is 2.24 bits per heavy atom. The second kappa shape index (κ2) is 6.60. The van der Waals surface area contributed by atoms with Gasteiger partial charge in [0.1, 0.15) is 0 Å². The minimum absolute atomic E-state index is 0.0377. The van der Waals surface area contributed by atoms with Crippen molar-refractivity contribution in [3.63, 3.8) is 0 Å². The Morgan fingerprint density at radius 1 is 1.53 bits per heavy atom. The lowest BCUT2D eigenvalue weighted by Crippen LogP contribution is -2.38. The Labute approximate surface area is 108 Å². The Kier molecular flexibility index (Phi) is 5.42. The highest BCUT2D eigenvalue weighted by atomic mass is 35.5. The molecule has 1 amide bonds. The highest BCUT2D eigenvalue weighted by Gasteiger charge is 2.19. The molecule has 1 heterocycles. The fourth-order valence-corrected chi connectivity index (χ4v) is 1.81. The third-order valence-electron chi connectivity index (χ3n) is 2.65. The van der Waals surface area contributed by atoms with E-state index in [1.54, 1.807) is 12.3 Å². The first kappa shape index (κ1) is 14.0. The SMILES string of the molecule is Cc1ncccc1C(=O)N(CCCCl)C(C)C. The predicted octanol–water partition coefficient (Wildman–Crippen LogP) is 2.87. The van der Waals surface area contributed by atoms with Gasteiger partial charge in [0.2, 0.25) is 0 Å². The number of aromatic nitrogens is 1. The lowest BCUT2D eigenvalue weighted by molar-refractivity contribution is 0.0705. The summed E-state index contributed by atoms with van der Waals surface area (Å²) in [6.07, 6.45) is 2.51. The van der Waals surface area contributed by atoms with E-state index in [4.69, 9.17) is 11.6 Å². The van der Waals surface area contributed by atoms with Crippen LogP contribution in [0.15, 0.2) is 18.3 Å². The highest BCUT2D eigenvalue weighted by Crippen LogP contribution is 2.11. The maximum Gasteiger partial charge on any atom is 0.255 e. The van der Waals surface area contributed by atoms with Crippen molar-refractivity contribution in [2.45, 2.75) is 33.2 Å². The summed E-state index contributed by atoms with van der Waals surface area (Å²) in [7, 11) is 0. The highest BCUT2D eigenvalue weighted by molar-refractivity contribution is 6.17. The van der Waals surface area contributed by atoms with E-state index in [9.17, 15) is 4.79 Å². The second-order valence-corrected chi connectivity index (χ2v) is 4.65. The number of carbonyl (C=O) groups is 1. The third-order valence-corrected chi connectivity index (χ3v) is 2.92. The van der Waals surface area contributed by atoms with Crippen LogP contribution in [0.5, 0.6) is 0 Å². The van der Waals surface area contributed by atoms with Crippen molar-refractivity contribution in [1.29, 1.82) is 0 Å². The van der Waals surface area contributed by atoms with Crippen molar-refractivity contribution >= 4 is 17.5 Å². The first-order valence-electron chi connectivity index (χ1n) is 5.86. The van der Waals surface area contributed by atoms with Crippen molar-refractivity contribution in [3.8, 4) is 0 Å². The van der Waals surface area contributed by atoms with Gasteiger partial charge in [0, 0.05) is 30.4 Å². The quantitative estimate of drug-likeness (QED) is 0.757. The van der Waals surface area contributed by atoms with Crippen LogP contribution >= 0.6 is 11.6 Å². The smallest absolute Gasteiger partial charge is 0.255 e. The summed E-state index contributed by atoms with van der Waals surface area (Å²) in [5.74, 6) is 0.610. The lowest BCUT2D eigenvalue weighted by atomic mass is 10.1. The van der Waals surface area contributed by atoms with E-state index >= 15 is 0 Å². The average Bonchev–Trinajstić information content (AvgIpc) is 2.29. The zero-order valence-electron chi connectivity index (χ0n) is 10.6. The van der Waals surface area contributed by atoms with Crippen LogP contribution in [0.4, 0.5) is 0 Å². The zero-order valence-corrected chi connectivity index (χ0v) is 11.4. The molecule has 1 rings (SSSR count). The van der Waals surface area contributed by atoms with E-state index in [1.165, 1.54) is 0 Å². The maximum absolute atomic E-state index is 12.4. The van der Waals surface area contributed by atoms with E-state index in [0.717, 1.165) is 12.1 Å². The van der Waals surface area contributed by atoms with Crippen molar-refractivity contribution in [1.82, 2.24) is 9.88 Å². The van der Waals surface area contributed by atoms with Gasteiger partial charge in [0.25, 0.3) is 5.91 Å². The number of halogens is 1. The number of hydrogen-bond acceptors (Lipinski definition) is 2. The topological polar surface area (TPSA) is 33.2 Å². The number of alkyl halides is 1. The summed E-state index contributed by atoms with van der Waals surface area (Å²) < 4.78 is 0. The molecule has 0 atom stereocenters. The number of carbonyl (C=O) groups excluding carboxylic acids is 1. The lowest BCUT2D eigenvalue weighted by Gasteiger charge is -2.27. The molecule has 0 unspecified atom stereocenters. The molecule has 4 heteroatoms.